The summed E-state index contributed by atoms with van der Waals surface area (Å²) in [5.74, 6) is 0. The fourth-order valence-electron chi connectivity index (χ4n) is 10.7. The minimum Gasteiger partial charge on any atom is -0.371 e. The van der Waals surface area contributed by atoms with E-state index < -0.39 is 0 Å². The van der Waals surface area contributed by atoms with Crippen molar-refractivity contribution in [2.75, 3.05) is 36.0 Å². The van der Waals surface area contributed by atoms with Crippen LogP contribution < -0.4 is 9.80 Å². The normalized spacial score (nSPS) is 14.7. The fourth-order valence-corrected chi connectivity index (χ4v) is 10.7. The molecule has 4 heterocycles. The van der Waals surface area contributed by atoms with Crippen LogP contribution in [0.15, 0.2) is 182 Å². The zero-order valence-electron chi connectivity index (χ0n) is 35.2. The van der Waals surface area contributed by atoms with Gasteiger partial charge < -0.3 is 18.9 Å². The van der Waals surface area contributed by atoms with E-state index in [-0.39, 0.29) is 0 Å². The van der Waals surface area contributed by atoms with Gasteiger partial charge in [0.1, 0.15) is 0 Å². The lowest BCUT2D eigenvalue weighted by atomic mass is 9.92. The van der Waals surface area contributed by atoms with E-state index in [4.69, 9.17) is 0 Å². The Balaban J connectivity index is 0.991. The quantitative estimate of drug-likeness (QED) is 0.160. The van der Waals surface area contributed by atoms with Gasteiger partial charge in [-0.3, -0.25) is 0 Å². The zero-order chi connectivity index (χ0) is 41.0. The first-order valence-corrected chi connectivity index (χ1v) is 22.7. The molecule has 2 aliphatic rings. The second-order valence-electron chi connectivity index (χ2n) is 17.4. The average Bonchev–Trinajstić information content (AvgIpc) is 3.87. The van der Waals surface area contributed by atoms with Crippen molar-refractivity contribution >= 4 is 55.0 Å². The number of piperidine rings is 2. The highest BCUT2D eigenvalue weighted by Gasteiger charge is 2.23. The van der Waals surface area contributed by atoms with Gasteiger partial charge in [-0.2, -0.15) is 0 Å². The number of hydrogen-bond donors (Lipinski definition) is 0. The predicted octanol–water partition coefficient (Wildman–Crippen LogP) is 14.9. The number of para-hydroxylation sites is 4. The Bertz CT molecular complexity index is 3030. The van der Waals surface area contributed by atoms with E-state index in [2.05, 4.69) is 201 Å². The number of aromatic nitrogens is 2. The SMILES string of the molecule is c1ccc(-n2c3ccccc3c3cc(-c4ccc(-c5ccc(-c6ccc7c(c6)c6ccccc6n7-c6ccccc6)cc5N5CCCCC5)c(N5CCCCC5)c4)ccc32)cc1. The van der Waals surface area contributed by atoms with Gasteiger partial charge in [-0.15, -0.1) is 0 Å². The highest BCUT2D eigenvalue weighted by Crippen LogP contribution is 2.44. The summed E-state index contributed by atoms with van der Waals surface area (Å²) in [6.07, 6.45) is 7.53. The standard InChI is InChI=1S/C58H50N4/c1-5-17-45(18-6-1)61-53-23-11-9-21-47(53)51-37-41(27-31-55(51)61)43-25-29-49(57(39-43)59-33-13-3-14-34-59)50-30-26-44(40-58(50)60-35-15-4-16-36-60)42-28-32-56-52(38-42)48-22-10-12-24-54(48)62(56)46-19-7-2-8-20-46/h1-2,5-12,17-32,37-40H,3-4,13-16,33-36H2. The molecule has 2 saturated heterocycles. The number of benzene rings is 8. The first-order valence-electron chi connectivity index (χ1n) is 22.7. The minimum absolute atomic E-state index is 1.09. The highest BCUT2D eigenvalue weighted by atomic mass is 15.1. The summed E-state index contributed by atoms with van der Waals surface area (Å²) in [6.45, 7) is 4.36. The van der Waals surface area contributed by atoms with Crippen LogP contribution in [0.4, 0.5) is 11.4 Å². The monoisotopic (exact) mass is 802 g/mol. The third kappa shape index (κ3) is 6.27. The van der Waals surface area contributed by atoms with Gasteiger partial charge in [0.05, 0.1) is 22.1 Å². The average molecular weight is 803 g/mol. The Morgan fingerprint density at radius 3 is 1.06 bits per heavy atom. The van der Waals surface area contributed by atoms with Crippen LogP contribution in [0, 0.1) is 0 Å². The molecule has 4 heteroatoms. The molecule has 0 saturated carbocycles. The number of fused-ring (bicyclic) bond motifs is 6. The van der Waals surface area contributed by atoms with Crippen molar-refractivity contribution in [1.29, 1.82) is 0 Å². The predicted molar refractivity (Wildman–Crippen MR) is 264 cm³/mol. The van der Waals surface area contributed by atoms with Gasteiger partial charge in [0.2, 0.25) is 0 Å². The molecule has 4 nitrogen and oxygen atoms in total. The lowest BCUT2D eigenvalue weighted by molar-refractivity contribution is 0.577. The molecular formula is C58H50N4. The van der Waals surface area contributed by atoms with Crippen molar-refractivity contribution in [2.45, 2.75) is 38.5 Å². The van der Waals surface area contributed by atoms with Crippen LogP contribution in [0.1, 0.15) is 38.5 Å². The van der Waals surface area contributed by atoms with Gasteiger partial charge in [0.15, 0.2) is 0 Å². The van der Waals surface area contributed by atoms with E-state index in [0.29, 0.717) is 0 Å². The molecule has 0 atom stereocenters. The van der Waals surface area contributed by atoms with Crippen LogP contribution in [0.5, 0.6) is 0 Å². The summed E-state index contributed by atoms with van der Waals surface area (Å²) in [4.78, 5) is 5.35. The van der Waals surface area contributed by atoms with E-state index in [0.717, 1.165) is 26.2 Å². The van der Waals surface area contributed by atoms with Crippen molar-refractivity contribution in [2.24, 2.45) is 0 Å². The second kappa shape index (κ2) is 15.5. The molecule has 0 spiro atoms. The molecule has 0 unspecified atom stereocenters. The Morgan fingerprint density at radius 1 is 0.274 bits per heavy atom. The summed E-state index contributed by atoms with van der Waals surface area (Å²) in [6, 6.07) is 68.0. The first-order chi connectivity index (χ1) is 30.8. The van der Waals surface area contributed by atoms with Crippen LogP contribution in [-0.2, 0) is 0 Å². The molecule has 0 bridgehead atoms. The summed E-state index contributed by atoms with van der Waals surface area (Å²) < 4.78 is 4.81. The summed E-state index contributed by atoms with van der Waals surface area (Å²) in [7, 11) is 0. The third-order valence-electron chi connectivity index (χ3n) is 13.7. The van der Waals surface area contributed by atoms with Crippen LogP contribution in [-0.4, -0.2) is 35.3 Å². The maximum absolute atomic E-state index is 2.67. The van der Waals surface area contributed by atoms with Crippen molar-refractivity contribution in [3.05, 3.63) is 182 Å². The highest BCUT2D eigenvalue weighted by molar-refractivity contribution is 6.12. The topological polar surface area (TPSA) is 16.3 Å². The van der Waals surface area contributed by atoms with E-state index in [1.54, 1.807) is 0 Å². The number of nitrogens with zero attached hydrogens (tertiary/aromatic N) is 4. The Hall–Kier alpha value is -7.04. The molecule has 0 aliphatic carbocycles. The van der Waals surface area contributed by atoms with Crippen LogP contribution in [0.2, 0.25) is 0 Å². The van der Waals surface area contributed by atoms with Crippen molar-refractivity contribution in [1.82, 2.24) is 9.13 Å². The van der Waals surface area contributed by atoms with Crippen molar-refractivity contribution < 1.29 is 0 Å². The molecular weight excluding hydrogens is 753 g/mol. The van der Waals surface area contributed by atoms with Gasteiger partial charge in [0, 0.05) is 81.6 Å². The number of hydrogen-bond acceptors (Lipinski definition) is 2. The Labute approximate surface area is 363 Å². The zero-order valence-corrected chi connectivity index (χ0v) is 35.2. The lowest BCUT2D eigenvalue weighted by Crippen LogP contribution is -2.31. The Kier molecular flexibility index (Phi) is 9.17. The summed E-state index contributed by atoms with van der Waals surface area (Å²) in [5.41, 5.74) is 17.8. The smallest absolute Gasteiger partial charge is 0.0541 e. The molecule has 2 fully saturated rings. The first kappa shape index (κ1) is 36.8. The van der Waals surface area contributed by atoms with E-state index in [1.807, 2.05) is 0 Å². The molecule has 62 heavy (non-hydrogen) atoms. The van der Waals surface area contributed by atoms with Crippen LogP contribution in [0.25, 0.3) is 88.4 Å². The van der Waals surface area contributed by atoms with E-state index in [1.165, 1.54) is 138 Å². The largest absolute Gasteiger partial charge is 0.371 e. The molecule has 302 valence electrons. The third-order valence-corrected chi connectivity index (χ3v) is 13.7. The van der Waals surface area contributed by atoms with Gasteiger partial charge in [-0.05, 0) is 134 Å². The van der Waals surface area contributed by atoms with E-state index >= 15 is 0 Å². The number of anilines is 2. The molecule has 8 aromatic carbocycles. The van der Waals surface area contributed by atoms with Crippen molar-refractivity contribution in [3.8, 4) is 44.8 Å². The lowest BCUT2D eigenvalue weighted by Gasteiger charge is -2.34. The van der Waals surface area contributed by atoms with Gasteiger partial charge in [-0.1, -0.05) is 109 Å². The second-order valence-corrected chi connectivity index (χ2v) is 17.4. The molecule has 2 aromatic heterocycles. The molecule has 0 amide bonds. The van der Waals surface area contributed by atoms with Gasteiger partial charge >= 0.3 is 0 Å². The number of rotatable bonds is 7. The van der Waals surface area contributed by atoms with E-state index in [9.17, 15) is 0 Å². The van der Waals surface area contributed by atoms with Crippen LogP contribution in [0.3, 0.4) is 0 Å². The summed E-state index contributed by atoms with van der Waals surface area (Å²) in [5, 5.41) is 5.15. The summed E-state index contributed by atoms with van der Waals surface area (Å²) >= 11 is 0. The Morgan fingerprint density at radius 2 is 0.629 bits per heavy atom. The maximum atomic E-state index is 2.67. The molecule has 12 rings (SSSR count). The van der Waals surface area contributed by atoms with Crippen LogP contribution >= 0.6 is 0 Å². The molecule has 10 aromatic rings. The van der Waals surface area contributed by atoms with Gasteiger partial charge in [0.25, 0.3) is 0 Å². The molecule has 0 N–H and O–H groups in total. The van der Waals surface area contributed by atoms with Crippen molar-refractivity contribution in [3.63, 3.8) is 0 Å². The molecule has 0 radical (unpaired) electrons. The van der Waals surface area contributed by atoms with Gasteiger partial charge in [-0.25, -0.2) is 0 Å². The minimum atomic E-state index is 1.09. The fraction of sp³-hybridized carbons (Fsp3) is 0.172. The molecule has 2 aliphatic heterocycles. The maximum Gasteiger partial charge on any atom is 0.0541 e.